The van der Waals surface area contributed by atoms with Crippen LogP contribution in [-0.2, 0) is 6.54 Å². The van der Waals surface area contributed by atoms with Crippen LogP contribution in [0.4, 0.5) is 4.39 Å². The fourth-order valence-corrected chi connectivity index (χ4v) is 2.56. The Morgan fingerprint density at radius 3 is 3.00 bits per heavy atom. The van der Waals surface area contributed by atoms with E-state index >= 15 is 0 Å². The Balaban J connectivity index is 1.78. The zero-order valence-corrected chi connectivity index (χ0v) is 11.6. The van der Waals surface area contributed by atoms with Gasteiger partial charge in [0, 0.05) is 30.1 Å². The van der Waals surface area contributed by atoms with Gasteiger partial charge in [0.2, 0.25) is 0 Å². The first kappa shape index (κ1) is 13.1. The molecule has 1 aromatic heterocycles. The van der Waals surface area contributed by atoms with Crippen molar-refractivity contribution in [2.75, 3.05) is 6.61 Å². The minimum absolute atomic E-state index is 0.0862. The lowest BCUT2D eigenvalue weighted by Gasteiger charge is -2.26. The number of aromatic nitrogens is 1. The third-order valence-corrected chi connectivity index (χ3v) is 3.72. The normalized spacial score (nSPS) is 17.6. The molecular weight excluding hydrogens is 259 g/mol. The zero-order valence-electron chi connectivity index (χ0n) is 11.6. The fourth-order valence-electron chi connectivity index (χ4n) is 2.56. The molecule has 0 amide bonds. The zero-order chi connectivity index (χ0) is 14.1. The van der Waals surface area contributed by atoms with E-state index in [4.69, 9.17) is 9.26 Å². The highest BCUT2D eigenvalue weighted by molar-refractivity contribution is 5.38. The highest BCUT2D eigenvalue weighted by Crippen LogP contribution is 2.32. The summed E-state index contributed by atoms with van der Waals surface area (Å²) in [5.74, 6) is 1.34. The van der Waals surface area contributed by atoms with E-state index in [1.165, 1.54) is 6.07 Å². The minimum atomic E-state index is -0.238. The van der Waals surface area contributed by atoms with E-state index in [0.717, 1.165) is 34.8 Å². The molecule has 1 aliphatic heterocycles. The summed E-state index contributed by atoms with van der Waals surface area (Å²) in [4.78, 5) is 0. The van der Waals surface area contributed by atoms with Crippen molar-refractivity contribution < 1.29 is 13.7 Å². The van der Waals surface area contributed by atoms with Gasteiger partial charge >= 0.3 is 0 Å². The van der Waals surface area contributed by atoms with Gasteiger partial charge in [-0.1, -0.05) is 5.16 Å². The Morgan fingerprint density at radius 1 is 1.40 bits per heavy atom. The quantitative estimate of drug-likeness (QED) is 0.936. The Hall–Kier alpha value is -1.88. The van der Waals surface area contributed by atoms with Gasteiger partial charge in [0.25, 0.3) is 0 Å². The number of fused-ring (bicyclic) bond motifs is 1. The van der Waals surface area contributed by atoms with Crippen LogP contribution in [0.2, 0.25) is 0 Å². The number of aryl methyl sites for hydroxylation is 2. The van der Waals surface area contributed by atoms with E-state index < -0.39 is 0 Å². The lowest BCUT2D eigenvalue weighted by atomic mass is 10.00. The largest absolute Gasteiger partial charge is 0.493 e. The van der Waals surface area contributed by atoms with E-state index in [9.17, 15) is 4.39 Å². The summed E-state index contributed by atoms with van der Waals surface area (Å²) in [6, 6.07) is 4.74. The van der Waals surface area contributed by atoms with Crippen LogP contribution in [0.25, 0.3) is 0 Å². The maximum atomic E-state index is 13.4. The first-order valence-corrected chi connectivity index (χ1v) is 6.72. The summed E-state index contributed by atoms with van der Waals surface area (Å²) in [5.41, 5.74) is 2.83. The predicted octanol–water partition coefficient (Wildman–Crippen LogP) is 3.04. The summed E-state index contributed by atoms with van der Waals surface area (Å²) in [5, 5.41) is 7.38. The summed E-state index contributed by atoms with van der Waals surface area (Å²) in [7, 11) is 0. The van der Waals surface area contributed by atoms with Crippen LogP contribution in [0.3, 0.4) is 0 Å². The van der Waals surface area contributed by atoms with Crippen LogP contribution in [-0.4, -0.2) is 11.8 Å². The average molecular weight is 276 g/mol. The summed E-state index contributed by atoms with van der Waals surface area (Å²) in [6.07, 6.45) is 0.819. The molecule has 0 aliphatic carbocycles. The van der Waals surface area contributed by atoms with Gasteiger partial charge in [0.1, 0.15) is 17.3 Å². The van der Waals surface area contributed by atoms with Crippen molar-refractivity contribution in [2.45, 2.75) is 32.9 Å². The molecule has 0 saturated carbocycles. The summed E-state index contributed by atoms with van der Waals surface area (Å²) < 4.78 is 24.1. The number of hydrogen-bond acceptors (Lipinski definition) is 4. The van der Waals surface area contributed by atoms with E-state index in [0.29, 0.717) is 13.2 Å². The van der Waals surface area contributed by atoms with E-state index in [-0.39, 0.29) is 11.9 Å². The standard InChI is InChI=1S/C15H17FN2O2/c1-9-13(10(2)20-18-9)8-17-14-5-6-19-15-4-3-11(16)7-12(14)15/h3-4,7,14,17H,5-6,8H2,1-2H3. The van der Waals surface area contributed by atoms with E-state index in [1.54, 1.807) is 12.1 Å². The van der Waals surface area contributed by atoms with Gasteiger partial charge in [0.05, 0.1) is 12.3 Å². The number of hydrogen-bond donors (Lipinski definition) is 1. The molecular formula is C15H17FN2O2. The Labute approximate surface area is 116 Å². The molecule has 106 valence electrons. The number of rotatable bonds is 3. The Morgan fingerprint density at radius 2 is 2.25 bits per heavy atom. The third-order valence-electron chi connectivity index (χ3n) is 3.72. The number of halogens is 1. The lowest BCUT2D eigenvalue weighted by Crippen LogP contribution is -2.27. The lowest BCUT2D eigenvalue weighted by molar-refractivity contribution is 0.251. The second kappa shape index (κ2) is 5.25. The number of benzene rings is 1. The second-order valence-electron chi connectivity index (χ2n) is 5.06. The monoisotopic (exact) mass is 276 g/mol. The van der Waals surface area contributed by atoms with Gasteiger partial charge in [-0.15, -0.1) is 0 Å². The molecule has 20 heavy (non-hydrogen) atoms. The molecule has 1 atom stereocenters. The first-order chi connectivity index (χ1) is 9.65. The van der Waals surface area contributed by atoms with Crippen LogP contribution in [0.5, 0.6) is 5.75 Å². The number of nitrogens with zero attached hydrogens (tertiary/aromatic N) is 1. The summed E-state index contributed by atoms with van der Waals surface area (Å²) in [6.45, 7) is 5.11. The van der Waals surface area contributed by atoms with Gasteiger partial charge in [-0.2, -0.15) is 0 Å². The first-order valence-electron chi connectivity index (χ1n) is 6.72. The van der Waals surface area contributed by atoms with E-state index in [2.05, 4.69) is 10.5 Å². The van der Waals surface area contributed by atoms with Crippen LogP contribution in [0.1, 0.15) is 35.0 Å². The molecule has 5 heteroatoms. The van der Waals surface area contributed by atoms with E-state index in [1.807, 2.05) is 13.8 Å². The van der Waals surface area contributed by atoms with Crippen molar-refractivity contribution in [2.24, 2.45) is 0 Å². The molecule has 0 fully saturated rings. The molecule has 0 spiro atoms. The molecule has 4 nitrogen and oxygen atoms in total. The Bertz CT molecular complexity index is 605. The number of nitrogens with one attached hydrogen (secondary N) is 1. The maximum absolute atomic E-state index is 13.4. The summed E-state index contributed by atoms with van der Waals surface area (Å²) >= 11 is 0. The fraction of sp³-hybridized carbons (Fsp3) is 0.400. The molecule has 0 radical (unpaired) electrons. The SMILES string of the molecule is Cc1noc(C)c1CNC1CCOc2ccc(F)cc21. The molecule has 1 aliphatic rings. The van der Waals surface area contributed by atoms with Crippen LogP contribution in [0.15, 0.2) is 22.7 Å². The van der Waals surface area contributed by atoms with Gasteiger partial charge in [-0.05, 0) is 32.0 Å². The molecule has 1 unspecified atom stereocenters. The highest BCUT2D eigenvalue weighted by atomic mass is 19.1. The van der Waals surface area contributed by atoms with Crippen molar-refractivity contribution in [3.63, 3.8) is 0 Å². The molecule has 0 saturated heterocycles. The molecule has 3 rings (SSSR count). The molecule has 2 heterocycles. The average Bonchev–Trinajstić information content (AvgIpc) is 2.76. The third kappa shape index (κ3) is 2.41. The predicted molar refractivity (Wildman–Crippen MR) is 72.1 cm³/mol. The van der Waals surface area contributed by atoms with Gasteiger partial charge in [0.15, 0.2) is 0 Å². The van der Waals surface area contributed by atoms with Crippen LogP contribution < -0.4 is 10.1 Å². The molecule has 1 N–H and O–H groups in total. The molecule has 1 aromatic carbocycles. The van der Waals surface area contributed by atoms with Crippen LogP contribution >= 0.6 is 0 Å². The van der Waals surface area contributed by atoms with Crippen molar-refractivity contribution in [3.05, 3.63) is 46.6 Å². The topological polar surface area (TPSA) is 47.3 Å². The molecule has 0 bridgehead atoms. The van der Waals surface area contributed by atoms with Crippen molar-refractivity contribution in [1.82, 2.24) is 10.5 Å². The Kier molecular flexibility index (Phi) is 3.44. The molecule has 2 aromatic rings. The number of ether oxygens (including phenoxy) is 1. The minimum Gasteiger partial charge on any atom is -0.493 e. The maximum Gasteiger partial charge on any atom is 0.138 e. The van der Waals surface area contributed by atoms with Crippen LogP contribution in [0, 0.1) is 19.7 Å². The second-order valence-corrected chi connectivity index (χ2v) is 5.06. The van der Waals surface area contributed by atoms with Gasteiger partial charge < -0.3 is 14.6 Å². The van der Waals surface area contributed by atoms with Gasteiger partial charge in [-0.3, -0.25) is 0 Å². The van der Waals surface area contributed by atoms with Crippen molar-refractivity contribution in [1.29, 1.82) is 0 Å². The highest BCUT2D eigenvalue weighted by Gasteiger charge is 2.22. The smallest absolute Gasteiger partial charge is 0.138 e. The van der Waals surface area contributed by atoms with Crippen molar-refractivity contribution in [3.8, 4) is 5.75 Å². The van der Waals surface area contributed by atoms with Crippen molar-refractivity contribution >= 4 is 0 Å². The van der Waals surface area contributed by atoms with Gasteiger partial charge in [-0.25, -0.2) is 4.39 Å².